The van der Waals surface area contributed by atoms with Crippen LogP contribution in [0.5, 0.6) is 0 Å². The molecule has 4 nitrogen and oxygen atoms in total. The molecule has 3 N–H and O–H groups in total. The first-order valence-corrected chi connectivity index (χ1v) is 7.99. The van der Waals surface area contributed by atoms with E-state index in [4.69, 9.17) is 5.73 Å². The van der Waals surface area contributed by atoms with Crippen molar-refractivity contribution in [2.24, 2.45) is 11.7 Å². The molecular formula is C15H27N3O. The summed E-state index contributed by atoms with van der Waals surface area (Å²) < 4.78 is 0. The number of nitrogens with one attached hydrogen (secondary N) is 1. The molecule has 1 amide bonds. The molecule has 19 heavy (non-hydrogen) atoms. The summed E-state index contributed by atoms with van der Waals surface area (Å²) in [6, 6.07) is 0.861. The van der Waals surface area contributed by atoms with Crippen LogP contribution in [0.3, 0.4) is 0 Å². The van der Waals surface area contributed by atoms with Crippen LogP contribution in [0.25, 0.3) is 0 Å². The maximum absolute atomic E-state index is 12.3. The van der Waals surface area contributed by atoms with Gasteiger partial charge in [0.25, 0.3) is 0 Å². The van der Waals surface area contributed by atoms with Crippen LogP contribution >= 0.6 is 0 Å². The van der Waals surface area contributed by atoms with Crippen molar-refractivity contribution in [3.05, 3.63) is 0 Å². The largest absolute Gasteiger partial charge is 0.354 e. The molecule has 1 unspecified atom stereocenters. The fourth-order valence-corrected chi connectivity index (χ4v) is 3.62. The molecule has 4 heteroatoms. The third-order valence-electron chi connectivity index (χ3n) is 5.13. The van der Waals surface area contributed by atoms with E-state index in [-0.39, 0.29) is 5.91 Å². The van der Waals surface area contributed by atoms with Crippen molar-refractivity contribution < 1.29 is 4.79 Å². The molecule has 3 rings (SSSR count). The van der Waals surface area contributed by atoms with Gasteiger partial charge in [-0.25, -0.2) is 0 Å². The fraction of sp³-hybridized carbons (Fsp3) is 0.933. The molecule has 0 spiro atoms. The molecule has 2 aliphatic carbocycles. The van der Waals surface area contributed by atoms with Crippen LogP contribution in [0.1, 0.15) is 51.4 Å². The van der Waals surface area contributed by atoms with Crippen molar-refractivity contribution in [3.8, 4) is 0 Å². The Bertz CT molecular complexity index is 334. The second-order valence-corrected chi connectivity index (χ2v) is 6.81. The summed E-state index contributed by atoms with van der Waals surface area (Å²) in [7, 11) is 0. The number of carbonyl (C=O) groups is 1. The number of hydrogen-bond acceptors (Lipinski definition) is 3. The Morgan fingerprint density at radius 3 is 2.63 bits per heavy atom. The van der Waals surface area contributed by atoms with E-state index in [2.05, 4.69) is 10.2 Å². The zero-order valence-corrected chi connectivity index (χ0v) is 11.9. The Kier molecular flexibility index (Phi) is 3.81. The summed E-state index contributed by atoms with van der Waals surface area (Å²) in [5.74, 6) is 0.730. The van der Waals surface area contributed by atoms with Crippen LogP contribution < -0.4 is 11.1 Å². The number of nitrogens with zero attached hydrogens (tertiary/aromatic N) is 1. The highest BCUT2D eigenvalue weighted by atomic mass is 16.2. The monoisotopic (exact) mass is 265 g/mol. The molecule has 0 aromatic rings. The first kappa shape index (κ1) is 13.4. The first-order valence-electron chi connectivity index (χ1n) is 7.99. The maximum atomic E-state index is 12.3. The number of hydrogen-bond donors (Lipinski definition) is 2. The van der Waals surface area contributed by atoms with Crippen LogP contribution in [0.15, 0.2) is 0 Å². The van der Waals surface area contributed by atoms with Gasteiger partial charge in [-0.15, -0.1) is 0 Å². The highest BCUT2D eigenvalue weighted by Gasteiger charge is 2.37. The van der Waals surface area contributed by atoms with Gasteiger partial charge in [0.15, 0.2) is 0 Å². The lowest BCUT2D eigenvalue weighted by Crippen LogP contribution is -2.55. The van der Waals surface area contributed by atoms with Gasteiger partial charge < -0.3 is 16.0 Å². The summed E-state index contributed by atoms with van der Waals surface area (Å²) in [6.07, 6.45) is 9.14. The molecule has 0 aromatic carbocycles. The van der Waals surface area contributed by atoms with E-state index >= 15 is 0 Å². The fourth-order valence-electron chi connectivity index (χ4n) is 3.62. The van der Waals surface area contributed by atoms with Crippen molar-refractivity contribution in [1.82, 2.24) is 10.2 Å². The number of carbonyl (C=O) groups excluding carboxylic acids is 1. The highest BCUT2D eigenvalue weighted by molar-refractivity contribution is 5.86. The average Bonchev–Trinajstić information content (AvgIpc) is 3.16. The molecule has 1 saturated heterocycles. The molecule has 3 aliphatic rings. The Morgan fingerprint density at radius 1 is 1.21 bits per heavy atom. The summed E-state index contributed by atoms with van der Waals surface area (Å²) in [5.41, 5.74) is 5.67. The van der Waals surface area contributed by atoms with E-state index in [0.717, 1.165) is 38.3 Å². The predicted molar refractivity (Wildman–Crippen MR) is 75.7 cm³/mol. The van der Waals surface area contributed by atoms with E-state index in [9.17, 15) is 4.79 Å². The summed E-state index contributed by atoms with van der Waals surface area (Å²) in [6.45, 7) is 3.21. The van der Waals surface area contributed by atoms with Crippen molar-refractivity contribution in [1.29, 1.82) is 0 Å². The lowest BCUT2D eigenvalue weighted by molar-refractivity contribution is -0.127. The Balaban J connectivity index is 1.42. The summed E-state index contributed by atoms with van der Waals surface area (Å²) in [5, 5.41) is 3.12. The predicted octanol–water partition coefficient (Wildman–Crippen LogP) is 1.25. The minimum absolute atomic E-state index is 0.0945. The van der Waals surface area contributed by atoms with Gasteiger partial charge >= 0.3 is 0 Å². The molecule has 0 aromatic heterocycles. The smallest absolute Gasteiger partial charge is 0.240 e. The third-order valence-corrected chi connectivity index (χ3v) is 5.13. The lowest BCUT2D eigenvalue weighted by atomic mass is 9.82. The van der Waals surface area contributed by atoms with E-state index in [1.807, 2.05) is 0 Å². The van der Waals surface area contributed by atoms with E-state index in [0.29, 0.717) is 5.92 Å². The topological polar surface area (TPSA) is 58.4 Å². The molecule has 0 radical (unpaired) electrons. The summed E-state index contributed by atoms with van der Waals surface area (Å²) >= 11 is 0. The molecule has 1 heterocycles. The van der Waals surface area contributed by atoms with Crippen molar-refractivity contribution in [2.45, 2.75) is 62.9 Å². The minimum atomic E-state index is -0.576. The normalized spacial score (nSPS) is 31.3. The lowest BCUT2D eigenvalue weighted by Gasteiger charge is -2.32. The van der Waals surface area contributed by atoms with Crippen LogP contribution in [-0.4, -0.2) is 42.0 Å². The molecule has 108 valence electrons. The van der Waals surface area contributed by atoms with Crippen molar-refractivity contribution >= 4 is 5.91 Å². The molecule has 1 atom stereocenters. The van der Waals surface area contributed by atoms with Gasteiger partial charge in [0.1, 0.15) is 0 Å². The first-order chi connectivity index (χ1) is 9.17. The van der Waals surface area contributed by atoms with Gasteiger partial charge in [-0.05, 0) is 44.6 Å². The van der Waals surface area contributed by atoms with Crippen molar-refractivity contribution in [3.63, 3.8) is 0 Å². The van der Waals surface area contributed by atoms with Gasteiger partial charge in [0.2, 0.25) is 5.91 Å². The molecule has 3 fully saturated rings. The van der Waals surface area contributed by atoms with Crippen LogP contribution in [-0.2, 0) is 4.79 Å². The standard InChI is InChI=1S/C15H27N3O/c16-15(7-2-1-3-8-15)14(19)17-10-12-6-9-18(11-12)13-4-5-13/h12-13H,1-11,16H2,(H,17,19). The SMILES string of the molecule is NC1(C(=O)NCC2CCN(C3CC3)C2)CCCCC1. The maximum Gasteiger partial charge on any atom is 0.240 e. The Labute approximate surface area is 116 Å². The summed E-state index contributed by atoms with van der Waals surface area (Å²) in [4.78, 5) is 14.8. The number of likely N-dealkylation sites (tertiary alicyclic amines) is 1. The second kappa shape index (κ2) is 5.41. The molecular weight excluding hydrogens is 238 g/mol. The van der Waals surface area contributed by atoms with Crippen molar-refractivity contribution in [2.75, 3.05) is 19.6 Å². The Hall–Kier alpha value is -0.610. The third kappa shape index (κ3) is 3.11. The van der Waals surface area contributed by atoms with Gasteiger partial charge in [-0.3, -0.25) is 4.79 Å². The molecule has 2 saturated carbocycles. The minimum Gasteiger partial charge on any atom is -0.354 e. The van der Waals surface area contributed by atoms with Crippen LogP contribution in [0, 0.1) is 5.92 Å². The number of nitrogens with two attached hydrogens (primary N) is 1. The van der Waals surface area contributed by atoms with Gasteiger partial charge in [0, 0.05) is 19.1 Å². The van der Waals surface area contributed by atoms with E-state index in [1.165, 1.54) is 38.8 Å². The molecule has 0 bridgehead atoms. The Morgan fingerprint density at radius 2 is 1.95 bits per heavy atom. The zero-order chi connectivity index (χ0) is 13.3. The van der Waals surface area contributed by atoms with E-state index in [1.54, 1.807) is 0 Å². The van der Waals surface area contributed by atoms with Crippen LogP contribution in [0.2, 0.25) is 0 Å². The van der Waals surface area contributed by atoms with E-state index < -0.39 is 5.54 Å². The number of rotatable bonds is 4. The highest BCUT2D eigenvalue weighted by Crippen LogP contribution is 2.31. The quantitative estimate of drug-likeness (QED) is 0.804. The molecule has 1 aliphatic heterocycles. The zero-order valence-electron chi connectivity index (χ0n) is 11.9. The number of amides is 1. The van der Waals surface area contributed by atoms with Gasteiger partial charge in [-0.1, -0.05) is 19.3 Å². The second-order valence-electron chi connectivity index (χ2n) is 6.81. The van der Waals surface area contributed by atoms with Gasteiger partial charge in [0.05, 0.1) is 5.54 Å². The van der Waals surface area contributed by atoms with Crippen LogP contribution in [0.4, 0.5) is 0 Å². The van der Waals surface area contributed by atoms with Gasteiger partial charge in [-0.2, -0.15) is 0 Å². The average molecular weight is 265 g/mol.